The molecule has 0 aliphatic heterocycles. The van der Waals surface area contributed by atoms with Crippen LogP contribution in [0, 0.1) is 0 Å². The molecule has 0 saturated heterocycles. The molecule has 3 rings (SSSR count). The molecule has 0 saturated carbocycles. The zero-order valence-electron chi connectivity index (χ0n) is 15.3. The van der Waals surface area contributed by atoms with Gasteiger partial charge in [0.15, 0.2) is 0 Å². The van der Waals surface area contributed by atoms with Crippen LogP contribution in [0.4, 0.5) is 0 Å². The Morgan fingerprint density at radius 2 is 1.48 bits per heavy atom. The smallest absolute Gasteiger partial charge is 0.341 e. The van der Waals surface area contributed by atoms with Gasteiger partial charge in [0, 0.05) is 6.42 Å². The second-order valence-electron chi connectivity index (χ2n) is 5.93. The zero-order chi connectivity index (χ0) is 18.9. The van der Waals surface area contributed by atoms with Crippen LogP contribution in [0.3, 0.4) is 0 Å². The van der Waals surface area contributed by atoms with E-state index < -0.39 is 5.97 Å². The molecule has 0 N–H and O–H groups in total. The number of hydrogen-bond acceptors (Lipinski definition) is 4. The van der Waals surface area contributed by atoms with Gasteiger partial charge < -0.3 is 14.2 Å². The van der Waals surface area contributed by atoms with Crippen LogP contribution in [0.15, 0.2) is 78.9 Å². The number of methoxy groups -OCH3 is 1. The van der Waals surface area contributed by atoms with Crippen molar-refractivity contribution in [2.75, 3.05) is 20.3 Å². The number of para-hydroxylation sites is 1. The maximum Gasteiger partial charge on any atom is 0.341 e. The minimum Gasteiger partial charge on any atom is -0.493 e. The van der Waals surface area contributed by atoms with Crippen LogP contribution in [0.2, 0.25) is 0 Å². The Hall–Kier alpha value is -3.27. The first kappa shape index (κ1) is 18.5. The van der Waals surface area contributed by atoms with E-state index in [0.717, 1.165) is 16.9 Å². The molecule has 0 fully saturated rings. The van der Waals surface area contributed by atoms with Crippen LogP contribution in [-0.4, -0.2) is 26.3 Å². The highest BCUT2D eigenvalue weighted by Gasteiger charge is 2.11. The molecule has 0 aliphatic carbocycles. The molecular formula is C23H22O4. The van der Waals surface area contributed by atoms with Gasteiger partial charge in [0.2, 0.25) is 0 Å². The van der Waals surface area contributed by atoms with E-state index in [0.29, 0.717) is 30.9 Å². The van der Waals surface area contributed by atoms with Gasteiger partial charge in [0.25, 0.3) is 0 Å². The molecule has 0 spiro atoms. The van der Waals surface area contributed by atoms with E-state index in [2.05, 4.69) is 18.2 Å². The molecule has 0 atom stereocenters. The predicted molar refractivity (Wildman–Crippen MR) is 105 cm³/mol. The largest absolute Gasteiger partial charge is 0.493 e. The fraction of sp³-hybridized carbons (Fsp3) is 0.174. The first-order valence-electron chi connectivity index (χ1n) is 8.86. The van der Waals surface area contributed by atoms with Crippen LogP contribution in [-0.2, 0) is 4.74 Å². The van der Waals surface area contributed by atoms with Crippen molar-refractivity contribution in [3.8, 4) is 22.6 Å². The third kappa shape index (κ3) is 5.11. The molecule has 0 bridgehead atoms. The third-order valence-electron chi connectivity index (χ3n) is 4.05. The Kier molecular flexibility index (Phi) is 6.47. The summed E-state index contributed by atoms with van der Waals surface area (Å²) >= 11 is 0. The minimum atomic E-state index is -0.403. The van der Waals surface area contributed by atoms with Crippen molar-refractivity contribution >= 4 is 5.97 Å². The Bertz CT molecular complexity index is 874. The highest BCUT2D eigenvalue weighted by molar-refractivity contribution is 5.92. The number of esters is 1. The van der Waals surface area contributed by atoms with Crippen LogP contribution in [0.5, 0.6) is 11.5 Å². The lowest BCUT2D eigenvalue weighted by molar-refractivity contribution is 0.0596. The van der Waals surface area contributed by atoms with Crippen molar-refractivity contribution in [3.05, 3.63) is 84.4 Å². The van der Waals surface area contributed by atoms with Crippen molar-refractivity contribution < 1.29 is 19.0 Å². The van der Waals surface area contributed by atoms with Crippen molar-refractivity contribution in [3.63, 3.8) is 0 Å². The molecule has 0 aromatic heterocycles. The molecule has 138 valence electrons. The zero-order valence-corrected chi connectivity index (χ0v) is 15.3. The van der Waals surface area contributed by atoms with E-state index in [1.807, 2.05) is 42.5 Å². The SMILES string of the molecule is COC(=O)c1ccccc1OCCCOc1cccc(-c2ccccc2)c1. The van der Waals surface area contributed by atoms with Gasteiger partial charge in [-0.25, -0.2) is 4.79 Å². The van der Waals surface area contributed by atoms with E-state index in [1.54, 1.807) is 18.2 Å². The molecule has 0 amide bonds. The van der Waals surface area contributed by atoms with Crippen LogP contribution >= 0.6 is 0 Å². The quantitative estimate of drug-likeness (QED) is 0.418. The van der Waals surface area contributed by atoms with Gasteiger partial charge in [-0.1, -0.05) is 54.6 Å². The van der Waals surface area contributed by atoms with Gasteiger partial charge >= 0.3 is 5.97 Å². The van der Waals surface area contributed by atoms with Gasteiger partial charge in [-0.3, -0.25) is 0 Å². The lowest BCUT2D eigenvalue weighted by atomic mass is 10.1. The Morgan fingerprint density at radius 3 is 2.30 bits per heavy atom. The summed E-state index contributed by atoms with van der Waals surface area (Å²) in [6.07, 6.45) is 0.699. The number of benzene rings is 3. The summed E-state index contributed by atoms with van der Waals surface area (Å²) in [5.74, 6) is 0.946. The average molecular weight is 362 g/mol. The van der Waals surface area contributed by atoms with E-state index in [-0.39, 0.29) is 0 Å². The maximum absolute atomic E-state index is 11.7. The van der Waals surface area contributed by atoms with Gasteiger partial charge in [-0.15, -0.1) is 0 Å². The van der Waals surface area contributed by atoms with E-state index in [1.165, 1.54) is 7.11 Å². The maximum atomic E-state index is 11.7. The van der Waals surface area contributed by atoms with Gasteiger partial charge in [0.1, 0.15) is 17.1 Å². The first-order chi connectivity index (χ1) is 13.3. The average Bonchev–Trinajstić information content (AvgIpc) is 2.74. The molecule has 0 heterocycles. The van der Waals surface area contributed by atoms with E-state index in [4.69, 9.17) is 14.2 Å². The van der Waals surface area contributed by atoms with Crippen molar-refractivity contribution in [1.82, 2.24) is 0 Å². The summed E-state index contributed by atoms with van der Waals surface area (Å²) < 4.78 is 16.3. The molecule has 3 aromatic carbocycles. The van der Waals surface area contributed by atoms with E-state index in [9.17, 15) is 4.79 Å². The number of rotatable bonds is 8. The predicted octanol–water partition coefficient (Wildman–Crippen LogP) is 4.99. The summed E-state index contributed by atoms with van der Waals surface area (Å²) in [6, 6.07) is 25.3. The number of ether oxygens (including phenoxy) is 3. The molecule has 0 radical (unpaired) electrons. The highest BCUT2D eigenvalue weighted by Crippen LogP contribution is 2.24. The number of carbonyl (C=O) groups is 1. The number of carbonyl (C=O) groups excluding carboxylic acids is 1. The van der Waals surface area contributed by atoms with E-state index >= 15 is 0 Å². The summed E-state index contributed by atoms with van der Waals surface area (Å²) in [5, 5.41) is 0. The van der Waals surface area contributed by atoms with Crippen LogP contribution in [0.25, 0.3) is 11.1 Å². The van der Waals surface area contributed by atoms with Gasteiger partial charge in [0.05, 0.1) is 20.3 Å². The minimum absolute atomic E-state index is 0.403. The Morgan fingerprint density at radius 1 is 0.778 bits per heavy atom. The molecule has 27 heavy (non-hydrogen) atoms. The van der Waals surface area contributed by atoms with Crippen molar-refractivity contribution in [1.29, 1.82) is 0 Å². The Labute approximate surface area is 159 Å². The fourth-order valence-corrected chi connectivity index (χ4v) is 2.70. The lowest BCUT2D eigenvalue weighted by Gasteiger charge is -2.11. The fourth-order valence-electron chi connectivity index (χ4n) is 2.70. The second-order valence-corrected chi connectivity index (χ2v) is 5.93. The second kappa shape index (κ2) is 9.43. The summed E-state index contributed by atoms with van der Waals surface area (Å²) in [4.78, 5) is 11.7. The van der Waals surface area contributed by atoms with Crippen LogP contribution < -0.4 is 9.47 Å². The normalized spacial score (nSPS) is 10.3. The van der Waals surface area contributed by atoms with Crippen molar-refractivity contribution in [2.45, 2.75) is 6.42 Å². The standard InChI is InChI=1S/C23H22O4/c1-25-23(24)21-13-5-6-14-22(21)27-16-8-15-26-20-12-7-11-19(17-20)18-9-3-2-4-10-18/h2-7,9-14,17H,8,15-16H2,1H3. The molecule has 4 heteroatoms. The molecular weight excluding hydrogens is 340 g/mol. The van der Waals surface area contributed by atoms with Crippen LogP contribution in [0.1, 0.15) is 16.8 Å². The van der Waals surface area contributed by atoms with Gasteiger partial charge in [-0.05, 0) is 35.4 Å². The van der Waals surface area contributed by atoms with Gasteiger partial charge in [-0.2, -0.15) is 0 Å². The monoisotopic (exact) mass is 362 g/mol. The highest BCUT2D eigenvalue weighted by atomic mass is 16.5. The molecule has 0 aliphatic rings. The molecule has 0 unspecified atom stereocenters. The topological polar surface area (TPSA) is 44.8 Å². The molecule has 4 nitrogen and oxygen atoms in total. The summed E-state index contributed by atoms with van der Waals surface area (Å²) in [6.45, 7) is 0.977. The Balaban J connectivity index is 1.50. The van der Waals surface area contributed by atoms with Crippen molar-refractivity contribution in [2.24, 2.45) is 0 Å². The lowest BCUT2D eigenvalue weighted by Crippen LogP contribution is -2.09. The third-order valence-corrected chi connectivity index (χ3v) is 4.05. The summed E-state index contributed by atoms with van der Waals surface area (Å²) in [7, 11) is 1.36. The molecule has 3 aromatic rings. The first-order valence-corrected chi connectivity index (χ1v) is 8.86. The number of hydrogen-bond donors (Lipinski definition) is 0. The summed E-state index contributed by atoms with van der Waals surface area (Å²) in [5.41, 5.74) is 2.71.